The average molecular weight is 329 g/mol. The fourth-order valence-electron chi connectivity index (χ4n) is 1.68. The van der Waals surface area contributed by atoms with Gasteiger partial charge < -0.3 is 16.2 Å². The molecule has 0 radical (unpaired) electrons. The standard InChI is InChI=1S/C13H17BrN2O3/c14-10-3-1-2-9(8-10)6-7-16-11(13(18)19)4-5-12(15)17/h1-3,8,11,16H,4-7H2,(H2,15,17)(H,18,19)/t11-/m0/s1. The van der Waals surface area contributed by atoms with Crippen LogP contribution in [0.25, 0.3) is 0 Å². The fraction of sp³-hybridized carbons (Fsp3) is 0.385. The maximum atomic E-state index is 11.0. The van der Waals surface area contributed by atoms with E-state index in [4.69, 9.17) is 10.8 Å². The molecule has 1 atom stereocenters. The summed E-state index contributed by atoms with van der Waals surface area (Å²) >= 11 is 3.38. The second-order valence-electron chi connectivity index (χ2n) is 4.23. The number of halogens is 1. The minimum absolute atomic E-state index is 0.0703. The van der Waals surface area contributed by atoms with E-state index in [9.17, 15) is 9.59 Å². The summed E-state index contributed by atoms with van der Waals surface area (Å²) in [7, 11) is 0. The molecule has 0 heterocycles. The van der Waals surface area contributed by atoms with E-state index < -0.39 is 17.9 Å². The molecule has 104 valence electrons. The Labute approximate surface area is 120 Å². The summed E-state index contributed by atoms with van der Waals surface area (Å²) in [5.41, 5.74) is 6.12. The molecule has 1 aromatic rings. The van der Waals surface area contributed by atoms with Crippen molar-refractivity contribution in [2.45, 2.75) is 25.3 Å². The highest BCUT2D eigenvalue weighted by Crippen LogP contribution is 2.11. The maximum absolute atomic E-state index is 11.0. The van der Waals surface area contributed by atoms with Crippen LogP contribution >= 0.6 is 15.9 Å². The molecule has 5 nitrogen and oxygen atoms in total. The molecule has 1 rings (SSSR count). The van der Waals surface area contributed by atoms with Crippen LogP contribution in [0, 0.1) is 0 Å². The number of hydrogen-bond acceptors (Lipinski definition) is 3. The Kier molecular flexibility index (Phi) is 6.52. The molecule has 0 fully saturated rings. The molecule has 19 heavy (non-hydrogen) atoms. The smallest absolute Gasteiger partial charge is 0.320 e. The lowest BCUT2D eigenvalue weighted by atomic mass is 10.1. The van der Waals surface area contributed by atoms with Crippen LogP contribution in [0.2, 0.25) is 0 Å². The highest BCUT2D eigenvalue weighted by molar-refractivity contribution is 9.10. The summed E-state index contributed by atoms with van der Waals surface area (Å²) < 4.78 is 0.994. The number of rotatable bonds is 8. The summed E-state index contributed by atoms with van der Waals surface area (Å²) in [5, 5.41) is 11.9. The molecule has 0 aromatic heterocycles. The van der Waals surface area contributed by atoms with Crippen LogP contribution in [0.3, 0.4) is 0 Å². The fourth-order valence-corrected chi connectivity index (χ4v) is 2.13. The van der Waals surface area contributed by atoms with Gasteiger partial charge in [-0.3, -0.25) is 9.59 Å². The predicted octanol–water partition coefficient (Wildman–Crippen LogP) is 1.30. The summed E-state index contributed by atoms with van der Waals surface area (Å²) in [5.74, 6) is -1.45. The third-order valence-electron chi connectivity index (χ3n) is 2.67. The van der Waals surface area contributed by atoms with E-state index in [1.807, 2.05) is 24.3 Å². The largest absolute Gasteiger partial charge is 0.480 e. The second-order valence-corrected chi connectivity index (χ2v) is 5.15. The number of nitrogens with two attached hydrogens (primary N) is 1. The minimum atomic E-state index is -0.963. The Bertz CT molecular complexity index is 451. The van der Waals surface area contributed by atoms with Gasteiger partial charge in [-0.1, -0.05) is 28.1 Å². The topological polar surface area (TPSA) is 92.4 Å². The Hall–Kier alpha value is -1.40. The van der Waals surface area contributed by atoms with E-state index in [1.54, 1.807) is 0 Å². The van der Waals surface area contributed by atoms with E-state index in [2.05, 4.69) is 21.2 Å². The molecular weight excluding hydrogens is 312 g/mol. The van der Waals surface area contributed by atoms with Crippen molar-refractivity contribution in [1.82, 2.24) is 5.32 Å². The van der Waals surface area contributed by atoms with Crippen LogP contribution in [-0.2, 0) is 16.0 Å². The van der Waals surface area contributed by atoms with E-state index in [-0.39, 0.29) is 12.8 Å². The van der Waals surface area contributed by atoms with Crippen LogP contribution in [0.5, 0.6) is 0 Å². The van der Waals surface area contributed by atoms with Gasteiger partial charge in [0.25, 0.3) is 0 Å². The molecule has 0 aliphatic rings. The second kappa shape index (κ2) is 7.91. The van der Waals surface area contributed by atoms with Crippen molar-refractivity contribution in [1.29, 1.82) is 0 Å². The number of carbonyl (C=O) groups excluding carboxylic acids is 1. The summed E-state index contributed by atoms with van der Waals surface area (Å²) in [6, 6.07) is 7.09. The molecule has 0 unspecified atom stereocenters. The average Bonchev–Trinajstić information content (AvgIpc) is 2.32. The molecule has 1 aromatic carbocycles. The van der Waals surface area contributed by atoms with Crippen molar-refractivity contribution in [3.05, 3.63) is 34.3 Å². The molecule has 6 heteroatoms. The number of nitrogens with one attached hydrogen (secondary N) is 1. The van der Waals surface area contributed by atoms with Crippen molar-refractivity contribution in [2.24, 2.45) is 5.73 Å². The summed E-state index contributed by atoms with van der Waals surface area (Å²) in [4.78, 5) is 21.6. The zero-order valence-corrected chi connectivity index (χ0v) is 12.0. The number of carbonyl (C=O) groups is 2. The molecule has 0 bridgehead atoms. The quantitative estimate of drug-likeness (QED) is 0.670. The first-order valence-corrected chi connectivity index (χ1v) is 6.77. The van der Waals surface area contributed by atoms with Crippen LogP contribution < -0.4 is 11.1 Å². The van der Waals surface area contributed by atoms with Crippen molar-refractivity contribution >= 4 is 27.8 Å². The highest BCUT2D eigenvalue weighted by atomic mass is 79.9. The third-order valence-corrected chi connectivity index (χ3v) is 3.16. The lowest BCUT2D eigenvalue weighted by Crippen LogP contribution is -2.38. The van der Waals surface area contributed by atoms with E-state index in [1.165, 1.54) is 0 Å². The van der Waals surface area contributed by atoms with Gasteiger partial charge in [0, 0.05) is 10.9 Å². The molecule has 0 spiro atoms. The van der Waals surface area contributed by atoms with Gasteiger partial charge in [0.05, 0.1) is 0 Å². The molecule has 4 N–H and O–H groups in total. The molecule has 1 amide bonds. The molecule has 0 aliphatic heterocycles. The lowest BCUT2D eigenvalue weighted by molar-refractivity contribution is -0.139. The lowest BCUT2D eigenvalue weighted by Gasteiger charge is -2.13. The first-order chi connectivity index (χ1) is 8.99. The number of carboxylic acids is 1. The zero-order valence-electron chi connectivity index (χ0n) is 10.4. The molecule has 0 saturated carbocycles. The zero-order chi connectivity index (χ0) is 14.3. The van der Waals surface area contributed by atoms with Crippen molar-refractivity contribution in [3.63, 3.8) is 0 Å². The van der Waals surface area contributed by atoms with E-state index in [0.717, 1.165) is 16.5 Å². The first kappa shape index (κ1) is 15.7. The van der Waals surface area contributed by atoms with Gasteiger partial charge in [-0.25, -0.2) is 0 Å². The van der Waals surface area contributed by atoms with Crippen molar-refractivity contribution < 1.29 is 14.7 Å². The Balaban J connectivity index is 2.39. The van der Waals surface area contributed by atoms with Gasteiger partial charge in [0.15, 0.2) is 0 Å². The van der Waals surface area contributed by atoms with Crippen LogP contribution in [0.15, 0.2) is 28.7 Å². The van der Waals surface area contributed by atoms with Crippen LogP contribution in [0.1, 0.15) is 18.4 Å². The number of primary amides is 1. The van der Waals surface area contributed by atoms with Crippen LogP contribution in [-0.4, -0.2) is 29.6 Å². The molecular formula is C13H17BrN2O3. The minimum Gasteiger partial charge on any atom is -0.480 e. The monoisotopic (exact) mass is 328 g/mol. The molecule has 0 aliphatic carbocycles. The molecule has 0 saturated heterocycles. The Morgan fingerprint density at radius 3 is 2.74 bits per heavy atom. The number of carboxylic acid groups (broad SMARTS) is 1. The van der Waals surface area contributed by atoms with Gasteiger partial charge in [0.2, 0.25) is 5.91 Å². The number of benzene rings is 1. The third kappa shape index (κ3) is 6.35. The summed E-state index contributed by atoms with van der Waals surface area (Å²) in [6.45, 7) is 0.534. The van der Waals surface area contributed by atoms with Crippen LogP contribution in [0.4, 0.5) is 0 Å². The number of aliphatic carboxylic acids is 1. The van der Waals surface area contributed by atoms with E-state index in [0.29, 0.717) is 6.54 Å². The first-order valence-electron chi connectivity index (χ1n) is 5.98. The summed E-state index contributed by atoms with van der Waals surface area (Å²) in [6.07, 6.45) is 1.00. The van der Waals surface area contributed by atoms with Gasteiger partial charge in [-0.05, 0) is 37.1 Å². The predicted molar refractivity (Wildman–Crippen MR) is 75.7 cm³/mol. The Morgan fingerprint density at radius 1 is 1.42 bits per heavy atom. The Morgan fingerprint density at radius 2 is 2.16 bits per heavy atom. The number of hydrogen-bond donors (Lipinski definition) is 3. The van der Waals surface area contributed by atoms with Gasteiger partial charge >= 0.3 is 5.97 Å². The number of amides is 1. The van der Waals surface area contributed by atoms with Crippen molar-refractivity contribution in [3.8, 4) is 0 Å². The highest BCUT2D eigenvalue weighted by Gasteiger charge is 2.16. The SMILES string of the molecule is NC(=O)CC[C@H](NCCc1cccc(Br)c1)C(=O)O. The van der Waals surface area contributed by atoms with Gasteiger partial charge in [-0.2, -0.15) is 0 Å². The maximum Gasteiger partial charge on any atom is 0.320 e. The normalized spacial score (nSPS) is 12.1. The van der Waals surface area contributed by atoms with Gasteiger partial charge in [-0.15, -0.1) is 0 Å². The van der Waals surface area contributed by atoms with Crippen molar-refractivity contribution in [2.75, 3.05) is 6.54 Å². The van der Waals surface area contributed by atoms with Gasteiger partial charge in [0.1, 0.15) is 6.04 Å². The van der Waals surface area contributed by atoms with E-state index >= 15 is 0 Å².